The summed E-state index contributed by atoms with van der Waals surface area (Å²) in [6, 6.07) is 12.7. The molecule has 2 amide bonds. The number of para-hydroxylation sites is 1. The molecule has 1 saturated heterocycles. The van der Waals surface area contributed by atoms with Crippen LogP contribution in [0, 0.1) is 0 Å². The minimum atomic E-state index is -0.355. The number of carbonyl (C=O) groups is 2. The number of fused-ring (bicyclic) bond motifs is 1. The minimum Gasteiger partial charge on any atom is -0.496 e. The third-order valence-electron chi connectivity index (χ3n) is 4.21. The van der Waals surface area contributed by atoms with Gasteiger partial charge in [0.1, 0.15) is 18.1 Å². The summed E-state index contributed by atoms with van der Waals surface area (Å²) in [5.74, 6) is 2.02. The molecule has 0 atom stereocenters. The summed E-state index contributed by atoms with van der Waals surface area (Å²) in [6.07, 6.45) is 1.63. The lowest BCUT2D eigenvalue weighted by atomic mass is 10.1. The molecule has 0 spiro atoms. The van der Waals surface area contributed by atoms with Gasteiger partial charge in [-0.3, -0.25) is 14.5 Å². The molecule has 7 nitrogen and oxygen atoms in total. The molecule has 28 heavy (non-hydrogen) atoms. The van der Waals surface area contributed by atoms with Crippen molar-refractivity contribution < 1.29 is 28.5 Å². The van der Waals surface area contributed by atoms with Gasteiger partial charge in [0.15, 0.2) is 11.5 Å². The van der Waals surface area contributed by atoms with Crippen LogP contribution in [-0.4, -0.2) is 43.1 Å². The molecular weight excluding hydrogens is 382 g/mol. The number of thioether (sulfide) groups is 1. The van der Waals surface area contributed by atoms with Crippen molar-refractivity contribution in [1.29, 1.82) is 0 Å². The van der Waals surface area contributed by atoms with Crippen molar-refractivity contribution in [2.45, 2.75) is 0 Å². The van der Waals surface area contributed by atoms with Crippen LogP contribution in [0.2, 0.25) is 0 Å². The Kier molecular flexibility index (Phi) is 5.12. The van der Waals surface area contributed by atoms with Crippen molar-refractivity contribution in [2.24, 2.45) is 0 Å². The van der Waals surface area contributed by atoms with Crippen LogP contribution in [0.25, 0.3) is 6.08 Å². The maximum Gasteiger partial charge on any atom is 0.293 e. The molecule has 0 saturated carbocycles. The Bertz CT molecular complexity index is 943. The number of amides is 2. The van der Waals surface area contributed by atoms with Crippen LogP contribution in [0.1, 0.15) is 5.56 Å². The van der Waals surface area contributed by atoms with E-state index < -0.39 is 0 Å². The van der Waals surface area contributed by atoms with Crippen LogP contribution in [0.15, 0.2) is 47.4 Å². The Morgan fingerprint density at radius 1 is 1.14 bits per heavy atom. The number of nitrogens with zero attached hydrogens (tertiary/aromatic N) is 1. The van der Waals surface area contributed by atoms with Gasteiger partial charge in [-0.15, -0.1) is 0 Å². The van der Waals surface area contributed by atoms with Gasteiger partial charge in [-0.1, -0.05) is 18.2 Å². The van der Waals surface area contributed by atoms with Crippen LogP contribution in [0.4, 0.5) is 4.79 Å². The van der Waals surface area contributed by atoms with Gasteiger partial charge in [-0.25, -0.2) is 0 Å². The van der Waals surface area contributed by atoms with Crippen molar-refractivity contribution in [3.63, 3.8) is 0 Å². The van der Waals surface area contributed by atoms with Gasteiger partial charge in [0.05, 0.1) is 18.6 Å². The van der Waals surface area contributed by atoms with Crippen molar-refractivity contribution >= 4 is 29.0 Å². The molecule has 4 rings (SSSR count). The Morgan fingerprint density at radius 2 is 1.89 bits per heavy atom. The third kappa shape index (κ3) is 3.63. The molecule has 0 N–H and O–H groups in total. The summed E-state index contributed by atoms with van der Waals surface area (Å²) >= 11 is 0.891. The highest BCUT2D eigenvalue weighted by atomic mass is 32.2. The maximum absolute atomic E-state index is 12.7. The molecular formula is C20H17NO6S. The molecule has 0 aliphatic carbocycles. The Morgan fingerprint density at radius 3 is 2.64 bits per heavy atom. The van der Waals surface area contributed by atoms with E-state index in [9.17, 15) is 9.59 Å². The zero-order valence-corrected chi connectivity index (χ0v) is 15.9. The van der Waals surface area contributed by atoms with E-state index in [4.69, 9.17) is 18.9 Å². The van der Waals surface area contributed by atoms with Gasteiger partial charge in [0.25, 0.3) is 11.1 Å². The maximum atomic E-state index is 12.7. The monoisotopic (exact) mass is 399 g/mol. The van der Waals surface area contributed by atoms with Gasteiger partial charge in [-0.05, 0) is 36.0 Å². The van der Waals surface area contributed by atoms with E-state index in [-0.39, 0.29) is 31.1 Å². The number of benzene rings is 2. The van der Waals surface area contributed by atoms with Crippen LogP contribution in [-0.2, 0) is 4.79 Å². The number of ether oxygens (including phenoxy) is 4. The molecule has 2 aliphatic heterocycles. The first-order chi connectivity index (χ1) is 13.7. The molecule has 2 aliphatic rings. The van der Waals surface area contributed by atoms with Crippen LogP contribution < -0.4 is 18.9 Å². The van der Waals surface area contributed by atoms with Gasteiger partial charge in [-0.2, -0.15) is 0 Å². The van der Waals surface area contributed by atoms with Crippen LogP contribution in [0.3, 0.4) is 0 Å². The molecule has 2 heterocycles. The topological polar surface area (TPSA) is 74.3 Å². The summed E-state index contributed by atoms with van der Waals surface area (Å²) in [5, 5.41) is -0.326. The first-order valence-electron chi connectivity index (χ1n) is 8.56. The number of hydrogen-bond donors (Lipinski definition) is 0. The molecule has 2 aromatic carbocycles. The first-order valence-corrected chi connectivity index (χ1v) is 9.38. The van der Waals surface area contributed by atoms with E-state index in [2.05, 4.69) is 0 Å². The van der Waals surface area contributed by atoms with Crippen molar-refractivity contribution in [3.8, 4) is 23.0 Å². The van der Waals surface area contributed by atoms with Gasteiger partial charge < -0.3 is 18.9 Å². The Balaban J connectivity index is 1.48. The first kappa shape index (κ1) is 18.2. The van der Waals surface area contributed by atoms with Crippen LogP contribution in [0.5, 0.6) is 23.0 Å². The summed E-state index contributed by atoms with van der Waals surface area (Å²) in [4.78, 5) is 26.4. The van der Waals surface area contributed by atoms with E-state index in [0.29, 0.717) is 33.5 Å². The standard InChI is InChI=1S/C20H17NO6S/c1-24-15-11-17-16(26-12-27-17)9-13(15)10-18-19(22)21(20(23)28-18)7-8-25-14-5-3-2-4-6-14/h2-6,9-11H,7-8,12H2,1H3/b18-10-. The summed E-state index contributed by atoms with van der Waals surface area (Å²) < 4.78 is 21.6. The molecule has 8 heteroatoms. The van der Waals surface area contributed by atoms with E-state index in [1.165, 1.54) is 12.0 Å². The second kappa shape index (κ2) is 7.85. The predicted octanol–water partition coefficient (Wildman–Crippen LogP) is 3.54. The number of methoxy groups -OCH3 is 1. The second-order valence-corrected chi connectivity index (χ2v) is 6.94. The Hall–Kier alpha value is -3.13. The van der Waals surface area contributed by atoms with E-state index in [1.807, 2.05) is 30.3 Å². The number of carbonyl (C=O) groups excluding carboxylic acids is 2. The molecule has 1 fully saturated rings. The molecule has 2 aromatic rings. The second-order valence-electron chi connectivity index (χ2n) is 5.94. The van der Waals surface area contributed by atoms with Gasteiger partial charge in [0.2, 0.25) is 6.79 Å². The summed E-state index contributed by atoms with van der Waals surface area (Å²) in [7, 11) is 1.53. The van der Waals surface area contributed by atoms with Gasteiger partial charge in [0, 0.05) is 11.6 Å². The predicted molar refractivity (Wildman–Crippen MR) is 104 cm³/mol. The van der Waals surface area contributed by atoms with Gasteiger partial charge >= 0.3 is 0 Å². The molecule has 144 valence electrons. The van der Waals surface area contributed by atoms with Crippen molar-refractivity contribution in [3.05, 3.63) is 52.9 Å². The molecule has 0 bridgehead atoms. The average molecular weight is 399 g/mol. The number of rotatable bonds is 6. The minimum absolute atomic E-state index is 0.139. The van der Waals surface area contributed by atoms with E-state index in [1.54, 1.807) is 18.2 Å². The van der Waals surface area contributed by atoms with E-state index >= 15 is 0 Å². The quantitative estimate of drug-likeness (QED) is 0.688. The largest absolute Gasteiger partial charge is 0.496 e. The van der Waals surface area contributed by atoms with Crippen molar-refractivity contribution in [2.75, 3.05) is 27.1 Å². The van der Waals surface area contributed by atoms with Crippen LogP contribution >= 0.6 is 11.8 Å². The third-order valence-corrected chi connectivity index (χ3v) is 5.12. The fraction of sp³-hybridized carbons (Fsp3) is 0.200. The highest BCUT2D eigenvalue weighted by Gasteiger charge is 2.35. The average Bonchev–Trinajstić information content (AvgIpc) is 3.27. The lowest BCUT2D eigenvalue weighted by Gasteiger charge is -2.13. The summed E-state index contributed by atoms with van der Waals surface area (Å²) in [5.41, 5.74) is 0.637. The number of imide groups is 1. The lowest BCUT2D eigenvalue weighted by molar-refractivity contribution is -0.123. The normalized spacial score (nSPS) is 16.8. The zero-order chi connectivity index (χ0) is 19.5. The molecule has 0 radical (unpaired) electrons. The molecule has 0 aromatic heterocycles. The lowest BCUT2D eigenvalue weighted by Crippen LogP contribution is -2.32. The highest BCUT2D eigenvalue weighted by molar-refractivity contribution is 8.18. The van der Waals surface area contributed by atoms with Crippen molar-refractivity contribution in [1.82, 2.24) is 4.90 Å². The fourth-order valence-electron chi connectivity index (χ4n) is 2.83. The summed E-state index contributed by atoms with van der Waals surface area (Å²) in [6.45, 7) is 0.539. The zero-order valence-electron chi connectivity index (χ0n) is 15.0. The Labute approximate surface area is 165 Å². The smallest absolute Gasteiger partial charge is 0.293 e. The SMILES string of the molecule is COc1cc2c(cc1/C=C1\SC(=O)N(CCOc3ccccc3)C1=O)OCO2. The van der Waals surface area contributed by atoms with E-state index in [0.717, 1.165) is 11.8 Å². The number of hydrogen-bond acceptors (Lipinski definition) is 7. The fourth-order valence-corrected chi connectivity index (χ4v) is 3.69. The highest BCUT2D eigenvalue weighted by Crippen LogP contribution is 2.40. The molecule has 0 unspecified atom stereocenters.